The number of hydrogen-bond acceptors (Lipinski definition) is 2. The first-order valence-electron chi connectivity index (χ1n) is 9.15. The van der Waals surface area contributed by atoms with Crippen LogP contribution in [0.2, 0.25) is 0 Å². The van der Waals surface area contributed by atoms with Crippen molar-refractivity contribution in [3.05, 3.63) is 18.0 Å². The molecule has 4 aliphatic carbocycles. The molecule has 4 saturated carbocycles. The van der Waals surface area contributed by atoms with Crippen LogP contribution in [0.4, 0.5) is 0 Å². The number of carbonyl (C=O) groups excluding carboxylic acids is 1. The molecule has 0 unspecified atom stereocenters. The minimum Gasteiger partial charge on any atom is -0.350 e. The monoisotopic (exact) mass is 315 g/mol. The molecule has 23 heavy (non-hydrogen) atoms. The Hall–Kier alpha value is -1.32. The van der Waals surface area contributed by atoms with Gasteiger partial charge in [0, 0.05) is 12.7 Å². The predicted octanol–water partition coefficient (Wildman–Crippen LogP) is 3.52. The van der Waals surface area contributed by atoms with E-state index in [4.69, 9.17) is 0 Å². The molecule has 4 aliphatic rings. The summed E-state index contributed by atoms with van der Waals surface area (Å²) in [6.07, 6.45) is 9.08. The van der Waals surface area contributed by atoms with Crippen LogP contribution in [-0.4, -0.2) is 15.7 Å². The third kappa shape index (κ3) is 2.41. The quantitative estimate of drug-likeness (QED) is 0.924. The van der Waals surface area contributed by atoms with Crippen molar-refractivity contribution < 1.29 is 4.79 Å². The molecule has 1 aromatic heterocycles. The maximum absolute atomic E-state index is 13.1. The molecule has 126 valence electrons. The lowest BCUT2D eigenvalue weighted by molar-refractivity contribution is -0.170. The largest absolute Gasteiger partial charge is 0.350 e. The number of hydrogen-bond donors (Lipinski definition) is 1. The highest BCUT2D eigenvalue weighted by atomic mass is 16.2. The van der Waals surface area contributed by atoms with Gasteiger partial charge in [-0.05, 0) is 68.3 Å². The molecule has 2 atom stereocenters. The van der Waals surface area contributed by atoms with Gasteiger partial charge in [0.15, 0.2) is 0 Å². The van der Waals surface area contributed by atoms with Crippen molar-refractivity contribution in [2.24, 2.45) is 22.2 Å². The van der Waals surface area contributed by atoms with Gasteiger partial charge in [-0.25, -0.2) is 0 Å². The van der Waals surface area contributed by atoms with Crippen LogP contribution in [-0.2, 0) is 17.9 Å². The first-order valence-corrected chi connectivity index (χ1v) is 9.15. The van der Waals surface area contributed by atoms with Crippen LogP contribution in [0.1, 0.15) is 65.0 Å². The van der Waals surface area contributed by atoms with Crippen molar-refractivity contribution >= 4 is 5.91 Å². The molecular formula is C19H29N3O. The molecule has 0 aromatic carbocycles. The molecule has 4 bridgehead atoms. The highest BCUT2D eigenvalue weighted by Gasteiger charge is 2.62. The van der Waals surface area contributed by atoms with E-state index in [0.29, 0.717) is 23.3 Å². The molecule has 5 rings (SSSR count). The van der Waals surface area contributed by atoms with E-state index in [1.165, 1.54) is 19.3 Å². The smallest absolute Gasteiger partial charge is 0.226 e. The number of carbonyl (C=O) groups is 1. The summed E-state index contributed by atoms with van der Waals surface area (Å²) in [6, 6.07) is 2.01. The highest BCUT2D eigenvalue weighted by molar-refractivity contribution is 5.83. The fraction of sp³-hybridized carbons (Fsp3) is 0.789. The first kappa shape index (κ1) is 15.2. The SMILES string of the molecule is CCn1nccc1CNC(=O)C12CC3C[C@@](C)(C1)C[C@@](C)(C3)C2. The average molecular weight is 315 g/mol. The zero-order chi connectivity index (χ0) is 16.3. The molecule has 4 fully saturated rings. The standard InChI is InChI=1S/C19H29N3O/c1-4-22-15(5-6-21-22)10-20-16(23)19-9-14-7-17(2,12-19)11-18(3,8-14)13-19/h5-6,14H,4,7-13H2,1-3H3,(H,20,23)/t14?,17-,18-,19?/m1/s1. The Morgan fingerprint density at radius 3 is 2.57 bits per heavy atom. The molecule has 0 radical (unpaired) electrons. The van der Waals surface area contributed by atoms with Gasteiger partial charge in [-0.3, -0.25) is 9.48 Å². The van der Waals surface area contributed by atoms with Gasteiger partial charge in [-0.15, -0.1) is 0 Å². The Morgan fingerprint density at radius 2 is 1.96 bits per heavy atom. The fourth-order valence-electron chi connectivity index (χ4n) is 6.85. The zero-order valence-corrected chi connectivity index (χ0v) is 14.7. The summed E-state index contributed by atoms with van der Waals surface area (Å²) in [7, 11) is 0. The summed E-state index contributed by atoms with van der Waals surface area (Å²) in [5, 5.41) is 7.54. The maximum Gasteiger partial charge on any atom is 0.226 e. The van der Waals surface area contributed by atoms with Gasteiger partial charge >= 0.3 is 0 Å². The van der Waals surface area contributed by atoms with Crippen molar-refractivity contribution in [2.45, 2.75) is 72.4 Å². The Labute approximate surface area is 139 Å². The molecular weight excluding hydrogens is 286 g/mol. The highest BCUT2D eigenvalue weighted by Crippen LogP contribution is 2.69. The van der Waals surface area contributed by atoms with Gasteiger partial charge < -0.3 is 5.32 Å². The van der Waals surface area contributed by atoms with Crippen molar-refractivity contribution in [3.63, 3.8) is 0 Å². The van der Waals surface area contributed by atoms with Crippen LogP contribution in [0.5, 0.6) is 0 Å². The van der Waals surface area contributed by atoms with E-state index in [0.717, 1.165) is 37.4 Å². The van der Waals surface area contributed by atoms with Gasteiger partial charge in [0.1, 0.15) is 0 Å². The van der Waals surface area contributed by atoms with Crippen LogP contribution in [0.25, 0.3) is 0 Å². The van der Waals surface area contributed by atoms with Gasteiger partial charge in [-0.2, -0.15) is 5.10 Å². The lowest BCUT2D eigenvalue weighted by Gasteiger charge is -2.64. The van der Waals surface area contributed by atoms with Crippen molar-refractivity contribution in [1.29, 1.82) is 0 Å². The van der Waals surface area contributed by atoms with Gasteiger partial charge in [-0.1, -0.05) is 13.8 Å². The summed E-state index contributed by atoms with van der Waals surface area (Å²) in [6.45, 7) is 8.38. The van der Waals surface area contributed by atoms with Crippen LogP contribution in [0, 0.1) is 22.2 Å². The molecule has 1 aromatic rings. The third-order valence-electron chi connectivity index (χ3n) is 6.64. The molecule has 1 amide bonds. The summed E-state index contributed by atoms with van der Waals surface area (Å²) < 4.78 is 1.96. The number of amides is 1. The van der Waals surface area contributed by atoms with Crippen LogP contribution < -0.4 is 5.32 Å². The van der Waals surface area contributed by atoms with E-state index in [-0.39, 0.29) is 5.41 Å². The van der Waals surface area contributed by atoms with Crippen molar-refractivity contribution in [3.8, 4) is 0 Å². The van der Waals surface area contributed by atoms with E-state index in [1.54, 1.807) is 0 Å². The molecule has 1 heterocycles. The summed E-state index contributed by atoms with van der Waals surface area (Å²) >= 11 is 0. The third-order valence-corrected chi connectivity index (χ3v) is 6.64. The Balaban J connectivity index is 1.52. The average Bonchev–Trinajstić information content (AvgIpc) is 2.88. The summed E-state index contributed by atoms with van der Waals surface area (Å²) in [5.74, 6) is 1.05. The predicted molar refractivity (Wildman–Crippen MR) is 89.6 cm³/mol. The number of aryl methyl sites for hydroxylation is 1. The lowest BCUT2D eigenvalue weighted by atomic mass is 9.40. The molecule has 1 N–H and O–H groups in total. The summed E-state index contributed by atoms with van der Waals surface area (Å²) in [5.41, 5.74) is 1.76. The van der Waals surface area contributed by atoms with E-state index < -0.39 is 0 Å². The van der Waals surface area contributed by atoms with E-state index in [1.807, 2.05) is 16.9 Å². The fourth-order valence-corrected chi connectivity index (χ4v) is 6.85. The minimum absolute atomic E-state index is 0.111. The molecule has 0 saturated heterocycles. The van der Waals surface area contributed by atoms with E-state index >= 15 is 0 Å². The van der Waals surface area contributed by atoms with Crippen LogP contribution in [0.3, 0.4) is 0 Å². The minimum atomic E-state index is -0.111. The van der Waals surface area contributed by atoms with Crippen molar-refractivity contribution in [1.82, 2.24) is 15.1 Å². The summed E-state index contributed by atoms with van der Waals surface area (Å²) in [4.78, 5) is 13.1. The zero-order valence-electron chi connectivity index (χ0n) is 14.7. The number of aromatic nitrogens is 2. The maximum atomic E-state index is 13.1. The normalized spacial score (nSPS) is 41.3. The molecule has 4 nitrogen and oxygen atoms in total. The topological polar surface area (TPSA) is 46.9 Å². The molecule has 4 heteroatoms. The van der Waals surface area contributed by atoms with E-state index in [2.05, 4.69) is 31.2 Å². The second-order valence-corrected chi connectivity index (χ2v) is 9.23. The molecule has 0 spiro atoms. The van der Waals surface area contributed by atoms with E-state index in [9.17, 15) is 4.79 Å². The molecule has 0 aliphatic heterocycles. The van der Waals surface area contributed by atoms with Crippen LogP contribution in [0.15, 0.2) is 12.3 Å². The first-order chi connectivity index (χ1) is 10.9. The van der Waals surface area contributed by atoms with Gasteiger partial charge in [0.2, 0.25) is 5.91 Å². The van der Waals surface area contributed by atoms with Gasteiger partial charge in [0.05, 0.1) is 17.7 Å². The number of nitrogens with one attached hydrogen (secondary N) is 1. The lowest BCUT2D eigenvalue weighted by Crippen LogP contribution is -2.59. The number of nitrogens with zero attached hydrogens (tertiary/aromatic N) is 2. The van der Waals surface area contributed by atoms with Gasteiger partial charge in [0.25, 0.3) is 0 Å². The Bertz CT molecular complexity index is 616. The number of rotatable bonds is 4. The van der Waals surface area contributed by atoms with Crippen LogP contribution >= 0.6 is 0 Å². The Kier molecular flexibility index (Phi) is 3.20. The second kappa shape index (κ2) is 4.84. The Morgan fingerprint density at radius 1 is 1.26 bits per heavy atom. The second-order valence-electron chi connectivity index (χ2n) is 9.23. The van der Waals surface area contributed by atoms with Crippen molar-refractivity contribution in [2.75, 3.05) is 0 Å².